The molecule has 0 heterocycles. The SMILES string of the molecule is C[C@H](O)[C@H]1C[C@@]2(Cl)C(Cl)=C(Cl)[C@]1(Cl)C2(Cl)Cl. The van der Waals surface area contributed by atoms with Gasteiger partial charge in [0.1, 0.15) is 9.75 Å². The van der Waals surface area contributed by atoms with Gasteiger partial charge in [-0.1, -0.05) is 46.4 Å². The Morgan fingerprint density at radius 1 is 1.19 bits per heavy atom. The van der Waals surface area contributed by atoms with E-state index in [0.29, 0.717) is 0 Å². The molecule has 1 nitrogen and oxygen atoms in total. The molecule has 0 amide bonds. The Morgan fingerprint density at radius 2 is 1.69 bits per heavy atom. The molecule has 0 spiro atoms. The first kappa shape index (κ1) is 13.9. The molecule has 0 aliphatic heterocycles. The first-order valence-electron chi connectivity index (χ1n) is 4.60. The molecule has 1 N–H and O–H groups in total. The number of alkyl halides is 4. The van der Waals surface area contributed by atoms with Gasteiger partial charge in [-0.3, -0.25) is 0 Å². The summed E-state index contributed by atoms with van der Waals surface area (Å²) in [5.74, 6) is -0.434. The second-order valence-corrected chi connectivity index (χ2v) is 7.59. The largest absolute Gasteiger partial charge is 0.393 e. The predicted molar refractivity (Wildman–Crippen MR) is 70.1 cm³/mol. The third-order valence-electron chi connectivity index (χ3n) is 3.41. The van der Waals surface area contributed by atoms with Crippen LogP contribution in [-0.2, 0) is 0 Å². The maximum atomic E-state index is 9.71. The van der Waals surface area contributed by atoms with Gasteiger partial charge in [0, 0.05) is 5.92 Å². The van der Waals surface area contributed by atoms with Crippen LogP contribution in [0, 0.1) is 5.92 Å². The van der Waals surface area contributed by atoms with Crippen LogP contribution in [0.2, 0.25) is 0 Å². The smallest absolute Gasteiger partial charge is 0.166 e. The van der Waals surface area contributed by atoms with Crippen LogP contribution < -0.4 is 0 Å². The monoisotopic (exact) mass is 342 g/mol. The van der Waals surface area contributed by atoms with Crippen molar-refractivity contribution in [3.63, 3.8) is 0 Å². The quantitative estimate of drug-likeness (QED) is 0.706. The summed E-state index contributed by atoms with van der Waals surface area (Å²) in [4.78, 5) is -2.55. The van der Waals surface area contributed by atoms with Crippen LogP contribution in [-0.4, -0.2) is 25.3 Å². The number of allylic oxidation sites excluding steroid dienone is 2. The van der Waals surface area contributed by atoms with Crippen molar-refractivity contribution < 1.29 is 5.11 Å². The number of aliphatic hydroxyl groups excluding tert-OH is 1. The molecule has 2 bridgehead atoms. The highest BCUT2D eigenvalue weighted by molar-refractivity contribution is 6.65. The minimum Gasteiger partial charge on any atom is -0.393 e. The van der Waals surface area contributed by atoms with Gasteiger partial charge >= 0.3 is 0 Å². The Hall–Kier alpha value is 1.44. The highest BCUT2D eigenvalue weighted by Gasteiger charge is 2.78. The summed E-state index contributed by atoms with van der Waals surface area (Å²) < 4.78 is -1.53. The fourth-order valence-electron chi connectivity index (χ4n) is 2.46. The number of aliphatic hydroxyl groups is 1. The lowest BCUT2D eigenvalue weighted by Crippen LogP contribution is -2.46. The van der Waals surface area contributed by atoms with Crippen molar-refractivity contribution in [1.29, 1.82) is 0 Å². The van der Waals surface area contributed by atoms with Crippen molar-refractivity contribution in [1.82, 2.24) is 0 Å². The van der Waals surface area contributed by atoms with Crippen LogP contribution in [0.3, 0.4) is 0 Å². The van der Waals surface area contributed by atoms with Crippen molar-refractivity contribution in [3.8, 4) is 0 Å². The number of halogens is 6. The number of hydrogen-bond donors (Lipinski definition) is 1. The van der Waals surface area contributed by atoms with E-state index in [2.05, 4.69) is 0 Å². The Balaban J connectivity index is 2.64. The molecule has 0 saturated heterocycles. The zero-order valence-corrected chi connectivity index (χ0v) is 12.6. The van der Waals surface area contributed by atoms with Crippen LogP contribution in [0.5, 0.6) is 0 Å². The van der Waals surface area contributed by atoms with E-state index < -0.39 is 26.1 Å². The molecule has 2 aliphatic rings. The van der Waals surface area contributed by atoms with Gasteiger partial charge in [-0.25, -0.2) is 0 Å². The van der Waals surface area contributed by atoms with E-state index in [4.69, 9.17) is 69.6 Å². The zero-order chi connectivity index (χ0) is 12.5. The van der Waals surface area contributed by atoms with Crippen molar-refractivity contribution in [2.75, 3.05) is 0 Å². The van der Waals surface area contributed by atoms with Gasteiger partial charge < -0.3 is 5.11 Å². The summed E-state index contributed by atoms with van der Waals surface area (Å²) in [7, 11) is 0. The van der Waals surface area contributed by atoms with E-state index in [1.807, 2.05) is 0 Å². The molecule has 1 saturated carbocycles. The molecule has 0 aromatic rings. The molecular formula is C9H8Cl6O. The molecule has 0 radical (unpaired) electrons. The molecule has 1 fully saturated rings. The van der Waals surface area contributed by atoms with E-state index in [1.54, 1.807) is 6.92 Å². The van der Waals surface area contributed by atoms with Crippen LogP contribution >= 0.6 is 69.6 Å². The molecule has 2 rings (SSSR count). The highest BCUT2D eigenvalue weighted by atomic mass is 35.5. The maximum Gasteiger partial charge on any atom is 0.166 e. The molecule has 16 heavy (non-hydrogen) atoms. The lowest BCUT2D eigenvalue weighted by atomic mass is 9.88. The maximum absolute atomic E-state index is 9.71. The van der Waals surface area contributed by atoms with E-state index >= 15 is 0 Å². The summed E-state index contributed by atoms with van der Waals surface area (Å²) in [6.07, 6.45) is -0.439. The summed E-state index contributed by atoms with van der Waals surface area (Å²) in [6.45, 7) is 1.59. The molecule has 2 aliphatic carbocycles. The number of fused-ring (bicyclic) bond motifs is 2. The Bertz CT molecular complexity index is 378. The minimum atomic E-state index is -1.53. The Labute approximate surface area is 124 Å². The molecule has 0 unspecified atom stereocenters. The second kappa shape index (κ2) is 3.72. The predicted octanol–water partition coefficient (Wildman–Crippen LogP) is 4.22. The van der Waals surface area contributed by atoms with E-state index in [1.165, 1.54) is 0 Å². The summed E-state index contributed by atoms with van der Waals surface area (Å²) in [5, 5.41) is 10.0. The average Bonchev–Trinajstić information content (AvgIpc) is 2.39. The van der Waals surface area contributed by atoms with Crippen molar-refractivity contribution in [2.24, 2.45) is 5.92 Å². The lowest BCUT2D eigenvalue weighted by molar-refractivity contribution is 0.116. The van der Waals surface area contributed by atoms with Gasteiger partial charge in [-0.15, -0.1) is 23.2 Å². The van der Waals surface area contributed by atoms with Gasteiger partial charge in [0.15, 0.2) is 4.33 Å². The standard InChI is InChI=1S/C9H8Cl6O/c1-3(16)4-2-7(12)5(10)6(11)8(4,13)9(7,14)15/h3-4,16H,2H2,1H3/t3-,4+,7+,8-/m0/s1. The normalized spacial score (nSPS) is 47.6. The molecule has 4 atom stereocenters. The summed E-state index contributed by atoms with van der Waals surface area (Å²) in [5.41, 5.74) is 0. The van der Waals surface area contributed by atoms with Gasteiger partial charge in [0.25, 0.3) is 0 Å². The van der Waals surface area contributed by atoms with Crippen LogP contribution in [0.1, 0.15) is 13.3 Å². The zero-order valence-electron chi connectivity index (χ0n) is 8.08. The van der Waals surface area contributed by atoms with Gasteiger partial charge in [-0.05, 0) is 13.3 Å². The molecule has 0 aromatic carbocycles. The van der Waals surface area contributed by atoms with Crippen molar-refractivity contribution in [2.45, 2.75) is 33.5 Å². The Kier molecular flexibility index (Phi) is 3.23. The summed E-state index contributed by atoms with van der Waals surface area (Å²) >= 11 is 37.3. The fourth-order valence-corrected chi connectivity index (χ4v) is 5.34. The Morgan fingerprint density at radius 3 is 2.00 bits per heavy atom. The number of rotatable bonds is 1. The van der Waals surface area contributed by atoms with E-state index in [-0.39, 0.29) is 16.5 Å². The topological polar surface area (TPSA) is 20.2 Å². The first-order chi connectivity index (χ1) is 7.10. The van der Waals surface area contributed by atoms with Crippen molar-refractivity contribution in [3.05, 3.63) is 10.1 Å². The fraction of sp³-hybridized carbons (Fsp3) is 0.778. The van der Waals surface area contributed by atoms with Gasteiger partial charge in [0.2, 0.25) is 0 Å². The molecule has 92 valence electrons. The van der Waals surface area contributed by atoms with Gasteiger partial charge in [-0.2, -0.15) is 0 Å². The molecule has 0 aromatic heterocycles. The lowest BCUT2D eigenvalue weighted by Gasteiger charge is -2.34. The highest BCUT2D eigenvalue weighted by Crippen LogP contribution is 2.74. The number of hydrogen-bond acceptors (Lipinski definition) is 1. The molecule has 7 heteroatoms. The van der Waals surface area contributed by atoms with E-state index in [0.717, 1.165) is 0 Å². The molecular weight excluding hydrogens is 337 g/mol. The van der Waals surface area contributed by atoms with Crippen molar-refractivity contribution >= 4 is 69.6 Å². The summed E-state index contributed by atoms with van der Waals surface area (Å²) in [6, 6.07) is 0. The third kappa shape index (κ3) is 1.27. The third-order valence-corrected chi connectivity index (χ3v) is 7.71. The first-order valence-corrected chi connectivity index (χ1v) is 6.87. The van der Waals surface area contributed by atoms with Crippen LogP contribution in [0.4, 0.5) is 0 Å². The van der Waals surface area contributed by atoms with Gasteiger partial charge in [0.05, 0.1) is 16.2 Å². The van der Waals surface area contributed by atoms with E-state index in [9.17, 15) is 5.11 Å². The average molecular weight is 345 g/mol. The van der Waals surface area contributed by atoms with Crippen LogP contribution in [0.15, 0.2) is 10.1 Å². The second-order valence-electron chi connectivity index (χ2n) is 4.27. The van der Waals surface area contributed by atoms with Crippen LogP contribution in [0.25, 0.3) is 0 Å². The minimum absolute atomic E-state index is 0.132.